The highest BCUT2D eigenvalue weighted by Gasteiger charge is 2.26. The maximum Gasteiger partial charge on any atom is 0.120 e. The summed E-state index contributed by atoms with van der Waals surface area (Å²) in [6.07, 6.45) is 3.89. The minimum atomic E-state index is 0.402. The topological polar surface area (TPSA) is 32.3 Å². The van der Waals surface area contributed by atoms with Crippen molar-refractivity contribution < 1.29 is 5.11 Å². The zero-order valence-corrected chi connectivity index (χ0v) is 13.3. The molecule has 0 amide bonds. The molecule has 1 saturated carbocycles. The number of aromatic hydroxyl groups is 1. The number of nitrogens with one attached hydrogen (secondary N) is 1. The van der Waals surface area contributed by atoms with E-state index >= 15 is 0 Å². The molecule has 2 unspecified atom stereocenters. The van der Waals surface area contributed by atoms with Crippen LogP contribution in [0.25, 0.3) is 10.8 Å². The molecule has 21 heavy (non-hydrogen) atoms. The predicted octanol–water partition coefficient (Wildman–Crippen LogP) is 4.31. The molecule has 1 aliphatic rings. The van der Waals surface area contributed by atoms with E-state index in [9.17, 15) is 5.11 Å². The van der Waals surface area contributed by atoms with E-state index in [0.29, 0.717) is 11.8 Å². The molecule has 0 radical (unpaired) electrons. The molecule has 0 bridgehead atoms. The van der Waals surface area contributed by atoms with E-state index in [0.717, 1.165) is 22.7 Å². The van der Waals surface area contributed by atoms with E-state index in [-0.39, 0.29) is 0 Å². The maximum absolute atomic E-state index is 10.2. The van der Waals surface area contributed by atoms with Gasteiger partial charge in [-0.05, 0) is 35.4 Å². The summed E-state index contributed by atoms with van der Waals surface area (Å²) in [5.74, 6) is 1.58. The highest BCUT2D eigenvalue weighted by atomic mass is 32.2. The molecule has 2 N–H and O–H groups in total. The summed E-state index contributed by atoms with van der Waals surface area (Å²) >= 11 is 2.06. The van der Waals surface area contributed by atoms with Crippen LogP contribution >= 0.6 is 11.8 Å². The number of thioether (sulfide) groups is 1. The molecule has 0 aromatic heterocycles. The van der Waals surface area contributed by atoms with Crippen molar-refractivity contribution in [1.82, 2.24) is 5.32 Å². The Balaban J connectivity index is 1.77. The van der Waals surface area contributed by atoms with Gasteiger partial charge in [-0.15, -0.1) is 0 Å². The average Bonchev–Trinajstić information content (AvgIpc) is 2.94. The van der Waals surface area contributed by atoms with Gasteiger partial charge in [0.25, 0.3) is 0 Å². The van der Waals surface area contributed by atoms with Crippen LogP contribution in [0.4, 0.5) is 0 Å². The third-order valence-corrected chi connectivity index (χ3v) is 5.72. The smallest absolute Gasteiger partial charge is 0.120 e. The molecular weight excluding hydrogens is 278 g/mol. The normalized spacial score (nSPS) is 22.0. The molecular formula is C18H23NOS. The first-order chi connectivity index (χ1) is 10.3. The maximum atomic E-state index is 10.2. The van der Waals surface area contributed by atoms with Gasteiger partial charge in [0, 0.05) is 23.4 Å². The summed E-state index contributed by atoms with van der Waals surface area (Å²) in [6.45, 7) is 2.98. The molecule has 0 heterocycles. The van der Waals surface area contributed by atoms with Crippen molar-refractivity contribution >= 4 is 22.5 Å². The second-order valence-corrected chi connectivity index (χ2v) is 7.21. The van der Waals surface area contributed by atoms with Crippen LogP contribution in [0, 0.1) is 0 Å². The van der Waals surface area contributed by atoms with E-state index in [1.807, 2.05) is 24.3 Å². The predicted molar refractivity (Wildman–Crippen MR) is 92.0 cm³/mol. The fraction of sp³-hybridized carbons (Fsp3) is 0.444. The second kappa shape index (κ2) is 6.71. The molecule has 0 spiro atoms. The van der Waals surface area contributed by atoms with Crippen molar-refractivity contribution in [1.29, 1.82) is 0 Å². The van der Waals surface area contributed by atoms with Crippen molar-refractivity contribution in [2.45, 2.75) is 44.0 Å². The number of benzene rings is 2. The Morgan fingerprint density at radius 2 is 2.05 bits per heavy atom. The van der Waals surface area contributed by atoms with E-state index in [1.165, 1.54) is 30.4 Å². The highest BCUT2D eigenvalue weighted by Crippen LogP contribution is 2.31. The largest absolute Gasteiger partial charge is 0.508 e. The third kappa shape index (κ3) is 3.19. The van der Waals surface area contributed by atoms with E-state index < -0.39 is 0 Å². The van der Waals surface area contributed by atoms with Crippen LogP contribution in [0.2, 0.25) is 0 Å². The van der Waals surface area contributed by atoms with Gasteiger partial charge in [0.15, 0.2) is 0 Å². The quantitative estimate of drug-likeness (QED) is 0.863. The Labute approximate surface area is 130 Å². The average molecular weight is 301 g/mol. The van der Waals surface area contributed by atoms with Crippen LogP contribution in [0.3, 0.4) is 0 Å². The molecule has 2 aromatic rings. The van der Waals surface area contributed by atoms with Crippen molar-refractivity contribution in [3.8, 4) is 5.75 Å². The second-order valence-electron chi connectivity index (χ2n) is 5.70. The van der Waals surface area contributed by atoms with Crippen molar-refractivity contribution in [2.24, 2.45) is 0 Å². The molecule has 0 aliphatic heterocycles. The number of hydrogen-bond donors (Lipinski definition) is 2. The van der Waals surface area contributed by atoms with Gasteiger partial charge in [-0.3, -0.25) is 0 Å². The van der Waals surface area contributed by atoms with Crippen molar-refractivity contribution in [3.05, 3.63) is 42.0 Å². The number of rotatable bonds is 5. The summed E-state index contributed by atoms with van der Waals surface area (Å²) in [5.41, 5.74) is 1.03. The Morgan fingerprint density at radius 1 is 1.19 bits per heavy atom. The first-order valence-corrected chi connectivity index (χ1v) is 8.89. The molecule has 1 fully saturated rings. The standard InChI is InChI=1S/C18H23NOS/c1-2-21-18-9-5-8-16(18)19-12-15-14-7-4-3-6-13(14)10-11-17(15)20/h3-4,6-7,10-11,16,18-20H,2,5,8-9,12H2,1H3. The summed E-state index contributed by atoms with van der Waals surface area (Å²) in [7, 11) is 0. The molecule has 3 rings (SSSR count). The number of phenols is 1. The van der Waals surface area contributed by atoms with E-state index in [2.05, 4.69) is 36.1 Å². The van der Waals surface area contributed by atoms with Crippen LogP contribution in [0.15, 0.2) is 36.4 Å². The van der Waals surface area contributed by atoms with Crippen LogP contribution < -0.4 is 5.32 Å². The number of phenolic OH excluding ortho intramolecular Hbond substituents is 1. The fourth-order valence-electron chi connectivity index (χ4n) is 3.32. The van der Waals surface area contributed by atoms with Crippen LogP contribution in [0.5, 0.6) is 5.75 Å². The van der Waals surface area contributed by atoms with Gasteiger partial charge >= 0.3 is 0 Å². The summed E-state index contributed by atoms with van der Waals surface area (Å²) in [5, 5.41) is 17.0. The van der Waals surface area contributed by atoms with Gasteiger partial charge in [-0.2, -0.15) is 11.8 Å². The Kier molecular flexibility index (Phi) is 4.71. The molecule has 3 heteroatoms. The zero-order valence-electron chi connectivity index (χ0n) is 12.5. The molecule has 2 aromatic carbocycles. The molecule has 0 saturated heterocycles. The van der Waals surface area contributed by atoms with Gasteiger partial charge in [-0.25, -0.2) is 0 Å². The minimum absolute atomic E-state index is 0.402. The number of hydrogen-bond acceptors (Lipinski definition) is 3. The summed E-state index contributed by atoms with van der Waals surface area (Å²) < 4.78 is 0. The Morgan fingerprint density at radius 3 is 2.90 bits per heavy atom. The number of fused-ring (bicyclic) bond motifs is 1. The van der Waals surface area contributed by atoms with Crippen LogP contribution in [-0.4, -0.2) is 22.2 Å². The van der Waals surface area contributed by atoms with E-state index in [4.69, 9.17) is 0 Å². The van der Waals surface area contributed by atoms with Gasteiger partial charge in [0.2, 0.25) is 0 Å². The van der Waals surface area contributed by atoms with Crippen molar-refractivity contribution in [2.75, 3.05) is 5.75 Å². The molecule has 112 valence electrons. The SMILES string of the molecule is CCSC1CCCC1NCc1c(O)ccc2ccccc12. The lowest BCUT2D eigenvalue weighted by Gasteiger charge is -2.21. The van der Waals surface area contributed by atoms with E-state index in [1.54, 1.807) is 0 Å². The zero-order chi connectivity index (χ0) is 14.7. The first kappa shape index (κ1) is 14.7. The van der Waals surface area contributed by atoms with Gasteiger partial charge in [-0.1, -0.05) is 43.7 Å². The fourth-order valence-corrected chi connectivity index (χ4v) is 4.54. The lowest BCUT2D eigenvalue weighted by Crippen LogP contribution is -2.33. The molecule has 2 nitrogen and oxygen atoms in total. The molecule has 2 atom stereocenters. The van der Waals surface area contributed by atoms with Gasteiger partial charge < -0.3 is 10.4 Å². The summed E-state index contributed by atoms with van der Waals surface area (Å²) in [6, 6.07) is 12.7. The highest BCUT2D eigenvalue weighted by molar-refractivity contribution is 7.99. The lowest BCUT2D eigenvalue weighted by molar-refractivity contribution is 0.459. The van der Waals surface area contributed by atoms with Crippen molar-refractivity contribution in [3.63, 3.8) is 0 Å². The summed E-state index contributed by atoms with van der Waals surface area (Å²) in [4.78, 5) is 0. The van der Waals surface area contributed by atoms with Gasteiger partial charge in [0.1, 0.15) is 5.75 Å². The Hall–Kier alpha value is -1.19. The minimum Gasteiger partial charge on any atom is -0.508 e. The lowest BCUT2D eigenvalue weighted by atomic mass is 10.0. The van der Waals surface area contributed by atoms with Gasteiger partial charge in [0.05, 0.1) is 0 Å². The monoisotopic (exact) mass is 301 g/mol. The molecule has 1 aliphatic carbocycles. The van der Waals surface area contributed by atoms with Crippen LogP contribution in [0.1, 0.15) is 31.7 Å². The Bertz CT molecular complexity index is 613. The third-order valence-electron chi connectivity index (χ3n) is 4.39. The first-order valence-electron chi connectivity index (χ1n) is 7.84. The van der Waals surface area contributed by atoms with Crippen LogP contribution in [-0.2, 0) is 6.54 Å².